The van der Waals surface area contributed by atoms with Crippen molar-refractivity contribution in [3.05, 3.63) is 95.6 Å². The first-order chi connectivity index (χ1) is 19.4. The van der Waals surface area contributed by atoms with Crippen LogP contribution in [0.25, 0.3) is 5.69 Å². The molecule has 3 aromatic carbocycles. The zero-order valence-corrected chi connectivity index (χ0v) is 26.1. The molecule has 0 amide bonds. The lowest BCUT2D eigenvalue weighted by atomic mass is 9.82. The Morgan fingerprint density at radius 2 is 1.62 bits per heavy atom. The standard InChI is InChI=1S/C30H34N6O3S.2ClH/c1-39-28-16-15-25(36-30(31-32-33-36)40(2,37)38)18-24(28)19-34-20-26-14-9-17-35(26)27(21-34)29(22-10-5-3-6-11-22)23-12-7-4-8-13-23;;/h3-8,10-13,15-16,18,26-27,29H,9,14,17,19-21H2,1-2H3;2*1H/t26-,27-;;/m0../s1. The number of nitrogens with zero attached hydrogens (tertiary/aromatic N) is 6. The molecular weight excluding hydrogens is 595 g/mol. The molecule has 0 bridgehead atoms. The Hall–Kier alpha value is -3.02. The molecule has 0 spiro atoms. The summed E-state index contributed by atoms with van der Waals surface area (Å²) in [6, 6.07) is 28.1. The van der Waals surface area contributed by atoms with E-state index in [9.17, 15) is 8.42 Å². The number of halogens is 2. The molecule has 3 heterocycles. The van der Waals surface area contributed by atoms with Gasteiger partial charge < -0.3 is 4.74 Å². The number of methoxy groups -OCH3 is 1. The van der Waals surface area contributed by atoms with Crippen molar-refractivity contribution in [1.82, 2.24) is 30.0 Å². The van der Waals surface area contributed by atoms with Gasteiger partial charge in [-0.1, -0.05) is 65.8 Å². The summed E-state index contributed by atoms with van der Waals surface area (Å²) in [6.45, 7) is 3.66. The van der Waals surface area contributed by atoms with Gasteiger partial charge in [0.05, 0.1) is 12.8 Å². The molecule has 0 radical (unpaired) electrons. The van der Waals surface area contributed by atoms with Gasteiger partial charge in [-0.2, -0.15) is 4.68 Å². The highest BCUT2D eigenvalue weighted by Crippen LogP contribution is 2.38. The average molecular weight is 632 g/mol. The number of piperazine rings is 1. The summed E-state index contributed by atoms with van der Waals surface area (Å²) in [5, 5.41) is 11.1. The van der Waals surface area contributed by atoms with Crippen LogP contribution in [0.1, 0.15) is 35.4 Å². The summed E-state index contributed by atoms with van der Waals surface area (Å²) in [6.07, 6.45) is 3.50. The normalized spacial score (nSPS) is 19.1. The number of tetrazole rings is 1. The maximum atomic E-state index is 12.3. The number of hydrogen-bond acceptors (Lipinski definition) is 8. The molecular formula is C30H36Cl2N6O3S. The molecule has 12 heteroatoms. The Bertz CT molecular complexity index is 1530. The zero-order valence-electron chi connectivity index (χ0n) is 23.6. The maximum Gasteiger partial charge on any atom is 0.272 e. The summed E-state index contributed by atoms with van der Waals surface area (Å²) in [5.41, 5.74) is 4.22. The van der Waals surface area contributed by atoms with E-state index in [1.807, 2.05) is 12.1 Å². The van der Waals surface area contributed by atoms with Crippen LogP contribution in [0.15, 0.2) is 84.0 Å². The second kappa shape index (κ2) is 13.5. The van der Waals surface area contributed by atoms with Crippen molar-refractivity contribution < 1.29 is 13.2 Å². The number of benzene rings is 3. The van der Waals surface area contributed by atoms with Crippen molar-refractivity contribution in [2.45, 2.75) is 42.5 Å². The van der Waals surface area contributed by atoms with E-state index >= 15 is 0 Å². The number of hydrogen-bond donors (Lipinski definition) is 0. The molecule has 0 aliphatic carbocycles. The molecule has 0 N–H and O–H groups in total. The lowest BCUT2D eigenvalue weighted by molar-refractivity contribution is 0.0380. The van der Waals surface area contributed by atoms with Crippen molar-refractivity contribution in [2.24, 2.45) is 0 Å². The zero-order chi connectivity index (χ0) is 27.7. The Morgan fingerprint density at radius 3 is 2.24 bits per heavy atom. The van der Waals surface area contributed by atoms with E-state index in [1.165, 1.54) is 28.7 Å². The Balaban J connectivity index is 0.00000202. The minimum atomic E-state index is -3.59. The van der Waals surface area contributed by atoms with Crippen molar-refractivity contribution in [1.29, 1.82) is 0 Å². The van der Waals surface area contributed by atoms with Gasteiger partial charge in [0, 0.05) is 49.5 Å². The van der Waals surface area contributed by atoms with Gasteiger partial charge in [-0.3, -0.25) is 9.80 Å². The minimum Gasteiger partial charge on any atom is -0.496 e. The van der Waals surface area contributed by atoms with Gasteiger partial charge in [-0.05, 0) is 59.1 Å². The molecule has 224 valence electrons. The molecule has 2 fully saturated rings. The molecule has 2 atom stereocenters. The summed E-state index contributed by atoms with van der Waals surface area (Å²) in [5.74, 6) is 1.00. The van der Waals surface area contributed by atoms with Gasteiger partial charge >= 0.3 is 0 Å². The predicted octanol–water partition coefficient (Wildman–Crippen LogP) is 4.40. The highest BCUT2D eigenvalue weighted by Gasteiger charge is 2.42. The molecule has 4 aromatic rings. The lowest BCUT2D eigenvalue weighted by Gasteiger charge is -2.47. The molecule has 9 nitrogen and oxygen atoms in total. The van der Waals surface area contributed by atoms with Gasteiger partial charge in [0.25, 0.3) is 5.16 Å². The van der Waals surface area contributed by atoms with Crippen molar-refractivity contribution in [3.63, 3.8) is 0 Å². The van der Waals surface area contributed by atoms with E-state index in [0.29, 0.717) is 24.3 Å². The third-order valence-electron chi connectivity index (χ3n) is 8.14. The van der Waals surface area contributed by atoms with Gasteiger partial charge in [0.2, 0.25) is 9.84 Å². The molecule has 0 saturated carbocycles. The number of ether oxygens (including phenoxy) is 1. The van der Waals surface area contributed by atoms with Gasteiger partial charge in [0.1, 0.15) is 5.75 Å². The summed E-state index contributed by atoms with van der Waals surface area (Å²) >= 11 is 0. The first-order valence-electron chi connectivity index (χ1n) is 13.7. The van der Waals surface area contributed by atoms with Gasteiger partial charge in [-0.25, -0.2) is 8.42 Å². The maximum absolute atomic E-state index is 12.3. The third-order valence-corrected chi connectivity index (χ3v) is 9.06. The Morgan fingerprint density at radius 1 is 0.952 bits per heavy atom. The predicted molar refractivity (Wildman–Crippen MR) is 167 cm³/mol. The Labute approximate surface area is 259 Å². The number of rotatable bonds is 8. The van der Waals surface area contributed by atoms with Crippen molar-refractivity contribution in [2.75, 3.05) is 33.0 Å². The molecule has 42 heavy (non-hydrogen) atoms. The van der Waals surface area contributed by atoms with Crippen LogP contribution in [0.2, 0.25) is 0 Å². The fourth-order valence-electron chi connectivity index (χ4n) is 6.45. The van der Waals surface area contributed by atoms with Crippen LogP contribution >= 0.6 is 24.8 Å². The SMILES string of the molecule is COc1ccc(-n2nnnc2S(C)(=O)=O)cc1CN1C[C@@H]2CCCN2[C@H](C(c2ccccc2)c2ccccc2)C1.Cl.Cl. The molecule has 2 aliphatic rings. The van der Waals surface area contributed by atoms with Gasteiger partial charge in [0.15, 0.2) is 0 Å². The molecule has 1 aromatic heterocycles. The monoisotopic (exact) mass is 630 g/mol. The second-order valence-corrected chi connectivity index (χ2v) is 12.6. The topological polar surface area (TPSA) is 93.4 Å². The van der Waals surface area contributed by atoms with E-state index in [0.717, 1.165) is 37.2 Å². The number of fused-ring (bicyclic) bond motifs is 1. The summed E-state index contributed by atoms with van der Waals surface area (Å²) in [7, 11) is -1.93. The number of aromatic nitrogens is 4. The third kappa shape index (κ3) is 6.48. The van der Waals surface area contributed by atoms with Crippen LogP contribution in [0.5, 0.6) is 5.75 Å². The first kappa shape index (κ1) is 31.9. The second-order valence-electron chi connectivity index (χ2n) is 10.7. The largest absolute Gasteiger partial charge is 0.496 e. The fourth-order valence-corrected chi connectivity index (χ4v) is 7.09. The van der Waals surface area contributed by atoms with Crippen molar-refractivity contribution in [3.8, 4) is 11.4 Å². The quantitative estimate of drug-likeness (QED) is 0.283. The Kier molecular flexibility index (Phi) is 10.3. The van der Waals surface area contributed by atoms with E-state index < -0.39 is 9.84 Å². The van der Waals surface area contributed by atoms with Crippen molar-refractivity contribution >= 4 is 34.7 Å². The highest BCUT2D eigenvalue weighted by molar-refractivity contribution is 7.90. The molecule has 2 aliphatic heterocycles. The fraction of sp³-hybridized carbons (Fsp3) is 0.367. The first-order valence-corrected chi connectivity index (χ1v) is 15.6. The van der Waals surface area contributed by atoms with E-state index in [2.05, 4.69) is 86.0 Å². The average Bonchev–Trinajstić information content (AvgIpc) is 3.65. The minimum absolute atomic E-state index is 0. The molecule has 2 saturated heterocycles. The van der Waals surface area contributed by atoms with Crippen LogP contribution in [0, 0.1) is 0 Å². The van der Waals surface area contributed by atoms with Gasteiger partial charge in [-0.15, -0.1) is 24.8 Å². The van der Waals surface area contributed by atoms with Crippen LogP contribution in [-0.4, -0.2) is 83.5 Å². The van der Waals surface area contributed by atoms with Crippen LogP contribution < -0.4 is 4.74 Å². The van der Waals surface area contributed by atoms with E-state index in [1.54, 1.807) is 13.2 Å². The highest BCUT2D eigenvalue weighted by atomic mass is 35.5. The summed E-state index contributed by atoms with van der Waals surface area (Å²) in [4.78, 5) is 5.25. The van der Waals surface area contributed by atoms with Crippen LogP contribution in [0.4, 0.5) is 0 Å². The summed E-state index contributed by atoms with van der Waals surface area (Å²) < 4.78 is 31.5. The molecule has 6 rings (SSSR count). The van der Waals surface area contributed by atoms with E-state index in [-0.39, 0.29) is 35.9 Å². The van der Waals surface area contributed by atoms with Crippen LogP contribution in [-0.2, 0) is 16.4 Å². The van der Waals surface area contributed by atoms with Crippen LogP contribution in [0.3, 0.4) is 0 Å². The smallest absolute Gasteiger partial charge is 0.272 e. The molecule has 0 unspecified atom stereocenters. The van der Waals surface area contributed by atoms with E-state index in [4.69, 9.17) is 4.74 Å². The lowest BCUT2D eigenvalue weighted by Crippen LogP contribution is -2.57. The number of sulfone groups is 1.